The van der Waals surface area contributed by atoms with Gasteiger partial charge in [0.05, 0.1) is 7.11 Å². The summed E-state index contributed by atoms with van der Waals surface area (Å²) in [7, 11) is 1.62. The van der Waals surface area contributed by atoms with Crippen LogP contribution in [-0.4, -0.2) is 23.1 Å². The number of rotatable bonds is 4. The summed E-state index contributed by atoms with van der Waals surface area (Å²) in [5.41, 5.74) is 0. The third kappa shape index (κ3) is 2.37. The number of aryl methyl sites for hydroxylation is 1. The van der Waals surface area contributed by atoms with E-state index in [0.29, 0.717) is 11.9 Å². The second kappa shape index (κ2) is 4.04. The van der Waals surface area contributed by atoms with Gasteiger partial charge < -0.3 is 10.1 Å². The van der Waals surface area contributed by atoms with Gasteiger partial charge in [0.25, 0.3) is 0 Å². The van der Waals surface area contributed by atoms with Crippen molar-refractivity contribution < 1.29 is 4.74 Å². The highest BCUT2D eigenvalue weighted by Gasteiger charge is 2.35. The molecule has 1 aromatic rings. The second-order valence-corrected chi connectivity index (χ2v) is 4.00. The fourth-order valence-electron chi connectivity index (χ4n) is 1.78. The van der Waals surface area contributed by atoms with E-state index in [2.05, 4.69) is 22.2 Å². The molecule has 0 saturated heterocycles. The first-order chi connectivity index (χ1) is 7.22. The average molecular weight is 207 g/mol. The van der Waals surface area contributed by atoms with Gasteiger partial charge in [-0.15, -0.1) is 0 Å². The van der Waals surface area contributed by atoms with Gasteiger partial charge in [-0.1, -0.05) is 13.3 Å². The van der Waals surface area contributed by atoms with Crippen LogP contribution in [0.5, 0.6) is 5.88 Å². The molecule has 0 aliphatic heterocycles. The molecule has 4 heteroatoms. The standard InChI is InChI=1S/C11H17N3O/c1-4-8-5-9(8)14-10-6-11(15-3)13-7(2)12-10/h6,8-9H,4-5H2,1-3H3,(H,12,13,14). The number of hydrogen-bond donors (Lipinski definition) is 1. The molecule has 0 amide bonds. The summed E-state index contributed by atoms with van der Waals surface area (Å²) in [6.45, 7) is 4.09. The lowest BCUT2D eigenvalue weighted by Crippen LogP contribution is -2.07. The van der Waals surface area contributed by atoms with Crippen LogP contribution in [0.4, 0.5) is 5.82 Å². The molecule has 0 spiro atoms. The number of ether oxygens (including phenoxy) is 1. The Balaban J connectivity index is 2.05. The van der Waals surface area contributed by atoms with E-state index in [-0.39, 0.29) is 0 Å². The van der Waals surface area contributed by atoms with Gasteiger partial charge in [-0.25, -0.2) is 4.98 Å². The van der Waals surface area contributed by atoms with Crippen LogP contribution in [0, 0.1) is 12.8 Å². The molecule has 1 aliphatic carbocycles. The van der Waals surface area contributed by atoms with Crippen LogP contribution in [0.3, 0.4) is 0 Å². The lowest BCUT2D eigenvalue weighted by Gasteiger charge is -2.07. The third-order valence-electron chi connectivity index (χ3n) is 2.80. The van der Waals surface area contributed by atoms with Crippen LogP contribution in [-0.2, 0) is 0 Å². The van der Waals surface area contributed by atoms with Crippen molar-refractivity contribution in [1.29, 1.82) is 0 Å². The molecule has 82 valence electrons. The van der Waals surface area contributed by atoms with Gasteiger partial charge in [0.15, 0.2) is 0 Å². The summed E-state index contributed by atoms with van der Waals surface area (Å²) >= 11 is 0. The number of anilines is 1. The van der Waals surface area contributed by atoms with Crippen LogP contribution in [0.15, 0.2) is 6.07 Å². The lowest BCUT2D eigenvalue weighted by atomic mass is 10.3. The molecule has 0 aromatic carbocycles. The van der Waals surface area contributed by atoms with Crippen molar-refractivity contribution in [2.45, 2.75) is 32.7 Å². The normalized spacial score (nSPS) is 23.7. The van der Waals surface area contributed by atoms with Crippen LogP contribution in [0.2, 0.25) is 0 Å². The Hall–Kier alpha value is -1.32. The SMILES string of the molecule is CCC1CC1Nc1cc(OC)nc(C)n1. The predicted molar refractivity (Wildman–Crippen MR) is 59.1 cm³/mol. The zero-order chi connectivity index (χ0) is 10.8. The molecule has 1 aliphatic rings. The molecule has 2 rings (SSSR count). The fourth-order valence-corrected chi connectivity index (χ4v) is 1.78. The van der Waals surface area contributed by atoms with Crippen molar-refractivity contribution >= 4 is 5.82 Å². The van der Waals surface area contributed by atoms with Gasteiger partial charge in [-0.3, -0.25) is 0 Å². The zero-order valence-electron chi connectivity index (χ0n) is 9.45. The van der Waals surface area contributed by atoms with E-state index in [4.69, 9.17) is 4.74 Å². The Morgan fingerprint density at radius 1 is 1.53 bits per heavy atom. The Labute approximate surface area is 90.1 Å². The van der Waals surface area contributed by atoms with Gasteiger partial charge in [0, 0.05) is 12.1 Å². The Morgan fingerprint density at radius 3 is 2.93 bits per heavy atom. The van der Waals surface area contributed by atoms with E-state index in [0.717, 1.165) is 17.6 Å². The molecule has 15 heavy (non-hydrogen) atoms. The summed E-state index contributed by atoms with van der Waals surface area (Å²) in [6, 6.07) is 2.44. The van der Waals surface area contributed by atoms with Crippen LogP contribution in [0.25, 0.3) is 0 Å². The van der Waals surface area contributed by atoms with Gasteiger partial charge in [0.1, 0.15) is 11.6 Å². The fraction of sp³-hybridized carbons (Fsp3) is 0.636. The maximum Gasteiger partial charge on any atom is 0.218 e. The highest BCUT2D eigenvalue weighted by atomic mass is 16.5. The predicted octanol–water partition coefficient (Wildman–Crippen LogP) is 2.00. The Morgan fingerprint density at radius 2 is 2.33 bits per heavy atom. The van der Waals surface area contributed by atoms with Crippen LogP contribution >= 0.6 is 0 Å². The van der Waals surface area contributed by atoms with Gasteiger partial charge >= 0.3 is 0 Å². The quantitative estimate of drug-likeness (QED) is 0.820. The molecule has 1 aromatic heterocycles. The van der Waals surface area contributed by atoms with E-state index in [1.165, 1.54) is 12.8 Å². The van der Waals surface area contributed by atoms with Crippen molar-refractivity contribution in [3.63, 3.8) is 0 Å². The smallest absolute Gasteiger partial charge is 0.218 e. The van der Waals surface area contributed by atoms with Crippen LogP contribution < -0.4 is 10.1 Å². The number of hydrogen-bond acceptors (Lipinski definition) is 4. The summed E-state index contributed by atoms with van der Waals surface area (Å²) in [4.78, 5) is 8.47. The minimum absolute atomic E-state index is 0.592. The Kier molecular flexibility index (Phi) is 2.75. The van der Waals surface area contributed by atoms with E-state index in [1.54, 1.807) is 7.11 Å². The summed E-state index contributed by atoms with van der Waals surface area (Å²) in [6.07, 6.45) is 2.49. The maximum absolute atomic E-state index is 5.10. The molecular formula is C11H17N3O. The number of nitrogens with one attached hydrogen (secondary N) is 1. The molecule has 1 fully saturated rings. The molecule has 4 nitrogen and oxygen atoms in total. The highest BCUT2D eigenvalue weighted by Crippen LogP contribution is 2.35. The molecule has 1 N–H and O–H groups in total. The first kappa shape index (κ1) is 10.2. The molecular weight excluding hydrogens is 190 g/mol. The van der Waals surface area contributed by atoms with Crippen molar-refractivity contribution in [3.05, 3.63) is 11.9 Å². The van der Waals surface area contributed by atoms with E-state index >= 15 is 0 Å². The summed E-state index contributed by atoms with van der Waals surface area (Å²) in [5.74, 6) is 3.05. The molecule has 0 bridgehead atoms. The summed E-state index contributed by atoms with van der Waals surface area (Å²) in [5, 5.41) is 3.40. The lowest BCUT2D eigenvalue weighted by molar-refractivity contribution is 0.396. The van der Waals surface area contributed by atoms with Gasteiger partial charge in [0.2, 0.25) is 5.88 Å². The molecule has 2 unspecified atom stereocenters. The van der Waals surface area contributed by atoms with Crippen molar-refractivity contribution in [2.24, 2.45) is 5.92 Å². The average Bonchev–Trinajstić information content (AvgIpc) is 2.95. The minimum Gasteiger partial charge on any atom is -0.481 e. The number of methoxy groups -OCH3 is 1. The molecule has 0 radical (unpaired) electrons. The monoisotopic (exact) mass is 207 g/mol. The van der Waals surface area contributed by atoms with Gasteiger partial charge in [-0.2, -0.15) is 4.98 Å². The second-order valence-electron chi connectivity index (χ2n) is 4.00. The van der Waals surface area contributed by atoms with E-state index in [1.807, 2.05) is 13.0 Å². The van der Waals surface area contributed by atoms with Crippen molar-refractivity contribution in [2.75, 3.05) is 12.4 Å². The molecule has 1 saturated carbocycles. The number of nitrogens with zero attached hydrogens (tertiary/aromatic N) is 2. The van der Waals surface area contributed by atoms with Crippen molar-refractivity contribution in [3.8, 4) is 5.88 Å². The number of aromatic nitrogens is 2. The minimum atomic E-state index is 0.592. The summed E-state index contributed by atoms with van der Waals surface area (Å²) < 4.78 is 5.10. The third-order valence-corrected chi connectivity index (χ3v) is 2.80. The Bertz CT molecular complexity index is 354. The van der Waals surface area contributed by atoms with Crippen molar-refractivity contribution in [1.82, 2.24) is 9.97 Å². The largest absolute Gasteiger partial charge is 0.481 e. The van der Waals surface area contributed by atoms with Gasteiger partial charge in [-0.05, 0) is 19.3 Å². The molecule has 1 heterocycles. The first-order valence-electron chi connectivity index (χ1n) is 5.39. The zero-order valence-corrected chi connectivity index (χ0v) is 9.45. The topological polar surface area (TPSA) is 47.0 Å². The highest BCUT2D eigenvalue weighted by molar-refractivity contribution is 5.41. The van der Waals surface area contributed by atoms with E-state index in [9.17, 15) is 0 Å². The molecule has 2 atom stereocenters. The first-order valence-corrected chi connectivity index (χ1v) is 5.39. The maximum atomic E-state index is 5.10. The van der Waals surface area contributed by atoms with Crippen LogP contribution in [0.1, 0.15) is 25.6 Å². The van der Waals surface area contributed by atoms with E-state index < -0.39 is 0 Å².